The van der Waals surface area contributed by atoms with Crippen LogP contribution in [0.5, 0.6) is 0 Å². The van der Waals surface area contributed by atoms with Crippen LogP contribution < -0.4 is 4.90 Å². The first-order valence-corrected chi connectivity index (χ1v) is 18.2. The van der Waals surface area contributed by atoms with Crippen LogP contribution >= 0.6 is 0 Å². The molecule has 9 rings (SSSR count). The molecular weight excluding hydrogens is 593 g/mol. The SMILES string of the molecule is C[C@H]1CC2C[C@H](C)CC(c3ccccc3N(c3ccccc3)c3ccc(-c4cccc(-n5c6ccccc6c6ccccc65)c4)cc3)(C2)C1. The highest BCUT2D eigenvalue weighted by atomic mass is 15.1. The van der Waals surface area contributed by atoms with Gasteiger partial charge in [0.2, 0.25) is 0 Å². The van der Waals surface area contributed by atoms with Crippen LogP contribution in [0.15, 0.2) is 152 Å². The van der Waals surface area contributed by atoms with Crippen LogP contribution in [0.3, 0.4) is 0 Å². The summed E-state index contributed by atoms with van der Waals surface area (Å²) in [4.78, 5) is 2.51. The van der Waals surface area contributed by atoms with Crippen LogP contribution in [0.1, 0.15) is 51.5 Å². The summed E-state index contributed by atoms with van der Waals surface area (Å²) in [5, 5.41) is 2.57. The molecule has 2 fully saturated rings. The molecule has 2 aliphatic rings. The third-order valence-electron chi connectivity index (χ3n) is 11.5. The third-order valence-corrected chi connectivity index (χ3v) is 11.5. The van der Waals surface area contributed by atoms with Gasteiger partial charge < -0.3 is 9.47 Å². The molecule has 0 N–H and O–H groups in total. The number of para-hydroxylation sites is 4. The lowest BCUT2D eigenvalue weighted by atomic mass is 9.54. The van der Waals surface area contributed by atoms with Gasteiger partial charge in [0.05, 0.1) is 11.0 Å². The molecule has 0 spiro atoms. The molecule has 2 saturated carbocycles. The fourth-order valence-corrected chi connectivity index (χ4v) is 9.98. The Morgan fingerprint density at radius 3 is 1.82 bits per heavy atom. The van der Waals surface area contributed by atoms with Crippen LogP contribution in [-0.2, 0) is 5.41 Å². The van der Waals surface area contributed by atoms with Gasteiger partial charge in [-0.1, -0.05) is 111 Å². The minimum atomic E-state index is 0.233. The fourth-order valence-electron chi connectivity index (χ4n) is 9.98. The van der Waals surface area contributed by atoms with Gasteiger partial charge in [0.1, 0.15) is 0 Å². The normalized spacial score (nSPS) is 22.0. The Balaban J connectivity index is 1.12. The highest BCUT2D eigenvalue weighted by Crippen LogP contribution is 2.56. The van der Waals surface area contributed by atoms with E-state index in [1.807, 2.05) is 0 Å². The quantitative estimate of drug-likeness (QED) is 0.176. The van der Waals surface area contributed by atoms with E-state index in [9.17, 15) is 0 Å². The van der Waals surface area contributed by atoms with Gasteiger partial charge in [-0.25, -0.2) is 0 Å². The molecule has 49 heavy (non-hydrogen) atoms. The lowest BCUT2D eigenvalue weighted by Crippen LogP contribution is -2.43. The van der Waals surface area contributed by atoms with E-state index in [1.54, 1.807) is 0 Å². The zero-order chi connectivity index (χ0) is 33.0. The minimum absolute atomic E-state index is 0.233. The zero-order valence-electron chi connectivity index (χ0n) is 28.6. The summed E-state index contributed by atoms with van der Waals surface area (Å²) in [6, 6.07) is 56.0. The zero-order valence-corrected chi connectivity index (χ0v) is 28.6. The van der Waals surface area contributed by atoms with Crippen molar-refractivity contribution < 1.29 is 0 Å². The second-order valence-corrected chi connectivity index (χ2v) is 15.1. The number of nitrogens with zero attached hydrogens (tertiary/aromatic N) is 2. The molecule has 0 radical (unpaired) electrons. The van der Waals surface area contributed by atoms with Gasteiger partial charge in [0.15, 0.2) is 0 Å². The summed E-state index contributed by atoms with van der Waals surface area (Å²) in [6.07, 6.45) is 6.66. The van der Waals surface area contributed by atoms with Gasteiger partial charge in [0.25, 0.3) is 0 Å². The standard InChI is InChI=1S/C47H44N2/c1-33-27-35-28-34(2)31-47(30-33,32-35)43-19-8-11-22-46(43)48(38-14-4-3-5-15-38)39-25-23-36(24-26-39)37-13-12-16-40(29-37)49-44-20-9-6-17-41(44)42-18-7-10-21-45(42)49/h3-26,29,33-35H,27-28,30-32H2,1-2H3/t33-,34-,35?,47?/m0/s1. The van der Waals surface area contributed by atoms with Crippen molar-refractivity contribution in [1.82, 2.24) is 4.57 Å². The first kappa shape index (κ1) is 30.0. The molecule has 6 aromatic carbocycles. The summed E-state index contributed by atoms with van der Waals surface area (Å²) in [5.74, 6) is 2.37. The minimum Gasteiger partial charge on any atom is -0.310 e. The number of rotatable bonds is 6. The molecule has 2 nitrogen and oxygen atoms in total. The summed E-state index contributed by atoms with van der Waals surface area (Å²) < 4.78 is 2.40. The Labute approximate surface area is 290 Å². The van der Waals surface area contributed by atoms with E-state index in [-0.39, 0.29) is 5.41 Å². The van der Waals surface area contributed by atoms with Crippen molar-refractivity contribution in [2.75, 3.05) is 4.90 Å². The van der Waals surface area contributed by atoms with Crippen LogP contribution in [0.2, 0.25) is 0 Å². The predicted molar refractivity (Wildman–Crippen MR) is 207 cm³/mol. The van der Waals surface area contributed by atoms with E-state index < -0.39 is 0 Å². The van der Waals surface area contributed by atoms with E-state index in [2.05, 4.69) is 175 Å². The Morgan fingerprint density at radius 1 is 0.531 bits per heavy atom. The summed E-state index contributed by atoms with van der Waals surface area (Å²) in [6.45, 7) is 4.98. The first-order valence-electron chi connectivity index (χ1n) is 18.2. The highest BCUT2D eigenvalue weighted by molar-refractivity contribution is 6.09. The van der Waals surface area contributed by atoms with Gasteiger partial charge in [-0.15, -0.1) is 0 Å². The van der Waals surface area contributed by atoms with E-state index in [0.717, 1.165) is 17.8 Å². The molecule has 1 heterocycles. The second-order valence-electron chi connectivity index (χ2n) is 15.1. The highest BCUT2D eigenvalue weighted by Gasteiger charge is 2.46. The maximum absolute atomic E-state index is 2.51. The van der Waals surface area contributed by atoms with Crippen LogP contribution in [0.25, 0.3) is 38.6 Å². The fraction of sp³-hybridized carbons (Fsp3) is 0.234. The van der Waals surface area contributed by atoms with Crippen LogP contribution in [0, 0.1) is 17.8 Å². The Morgan fingerprint density at radius 2 is 1.12 bits per heavy atom. The Hall–Kier alpha value is -5.08. The van der Waals surface area contributed by atoms with Crippen LogP contribution in [-0.4, -0.2) is 4.57 Å². The molecule has 1 aromatic heterocycles. The molecular formula is C47H44N2. The van der Waals surface area contributed by atoms with Crippen molar-refractivity contribution in [1.29, 1.82) is 0 Å². The summed E-state index contributed by atoms with van der Waals surface area (Å²) in [5.41, 5.74) is 11.6. The second kappa shape index (κ2) is 12.1. The predicted octanol–water partition coefficient (Wildman–Crippen LogP) is 13.0. The molecule has 0 amide bonds. The van der Waals surface area contributed by atoms with Crippen molar-refractivity contribution >= 4 is 38.9 Å². The van der Waals surface area contributed by atoms with E-state index >= 15 is 0 Å². The first-order chi connectivity index (χ1) is 24.1. The van der Waals surface area contributed by atoms with Crippen molar-refractivity contribution in [3.05, 3.63) is 157 Å². The number of anilines is 3. The van der Waals surface area contributed by atoms with Crippen molar-refractivity contribution in [2.24, 2.45) is 17.8 Å². The van der Waals surface area contributed by atoms with E-state index in [0.29, 0.717) is 0 Å². The third kappa shape index (κ3) is 5.26. The van der Waals surface area contributed by atoms with E-state index in [4.69, 9.17) is 0 Å². The van der Waals surface area contributed by atoms with E-state index in [1.165, 1.54) is 93.3 Å². The molecule has 2 atom stereocenters. The smallest absolute Gasteiger partial charge is 0.0541 e. The molecule has 0 saturated heterocycles. The summed E-state index contributed by atoms with van der Waals surface area (Å²) >= 11 is 0. The van der Waals surface area contributed by atoms with Gasteiger partial charge in [-0.05, 0) is 127 Å². The van der Waals surface area contributed by atoms with Crippen molar-refractivity contribution in [2.45, 2.75) is 51.4 Å². The lowest BCUT2D eigenvalue weighted by Gasteiger charge is -2.51. The Kier molecular flexibility index (Phi) is 7.42. The maximum Gasteiger partial charge on any atom is 0.0541 e. The van der Waals surface area contributed by atoms with Crippen LogP contribution in [0.4, 0.5) is 17.1 Å². The van der Waals surface area contributed by atoms with Gasteiger partial charge in [0, 0.05) is 33.5 Å². The average molecular weight is 637 g/mol. The lowest BCUT2D eigenvalue weighted by molar-refractivity contribution is 0.0784. The topological polar surface area (TPSA) is 8.17 Å². The van der Waals surface area contributed by atoms with Gasteiger partial charge >= 0.3 is 0 Å². The molecule has 2 bridgehead atoms. The van der Waals surface area contributed by atoms with Gasteiger partial charge in [-0.3, -0.25) is 0 Å². The Bertz CT molecular complexity index is 2190. The number of benzene rings is 6. The van der Waals surface area contributed by atoms with Crippen molar-refractivity contribution in [3.63, 3.8) is 0 Å². The number of fused-ring (bicyclic) bond motifs is 5. The molecule has 0 unspecified atom stereocenters. The average Bonchev–Trinajstić information content (AvgIpc) is 3.47. The monoisotopic (exact) mass is 636 g/mol. The number of aromatic nitrogens is 1. The molecule has 242 valence electrons. The largest absolute Gasteiger partial charge is 0.310 e. The number of hydrogen-bond donors (Lipinski definition) is 0. The molecule has 7 aromatic rings. The summed E-state index contributed by atoms with van der Waals surface area (Å²) in [7, 11) is 0. The van der Waals surface area contributed by atoms with Gasteiger partial charge in [-0.2, -0.15) is 0 Å². The molecule has 0 aliphatic heterocycles. The molecule has 2 aliphatic carbocycles. The molecule has 2 heteroatoms. The maximum atomic E-state index is 2.51. The van der Waals surface area contributed by atoms with Crippen molar-refractivity contribution in [3.8, 4) is 16.8 Å². The number of hydrogen-bond acceptors (Lipinski definition) is 1.